The van der Waals surface area contributed by atoms with E-state index in [-0.39, 0.29) is 24.5 Å². The molecule has 0 aromatic rings. The molecule has 0 radical (unpaired) electrons. The molecule has 0 aliphatic carbocycles. The topological polar surface area (TPSA) is 70.0 Å². The van der Waals surface area contributed by atoms with Gasteiger partial charge in [-0.25, -0.2) is 4.79 Å². The highest BCUT2D eigenvalue weighted by Crippen LogP contribution is 2.33. The van der Waals surface area contributed by atoms with Crippen molar-refractivity contribution in [3.8, 4) is 0 Å². The minimum absolute atomic E-state index is 0.0648. The highest BCUT2D eigenvalue weighted by molar-refractivity contribution is 5.79. The lowest BCUT2D eigenvalue weighted by Gasteiger charge is -2.27. The van der Waals surface area contributed by atoms with Gasteiger partial charge >= 0.3 is 5.97 Å². The zero-order chi connectivity index (χ0) is 14.9. The van der Waals surface area contributed by atoms with Crippen molar-refractivity contribution in [3.63, 3.8) is 0 Å². The van der Waals surface area contributed by atoms with Gasteiger partial charge < -0.3 is 14.9 Å². The van der Waals surface area contributed by atoms with Gasteiger partial charge in [0.25, 0.3) is 0 Å². The van der Waals surface area contributed by atoms with E-state index < -0.39 is 11.6 Å². The Bertz CT molecular complexity index is 403. The van der Waals surface area contributed by atoms with E-state index in [0.717, 1.165) is 25.1 Å². The first kappa shape index (κ1) is 15.5. The summed E-state index contributed by atoms with van der Waals surface area (Å²) in [5, 5.41) is 19.5. The van der Waals surface area contributed by atoms with E-state index in [2.05, 4.69) is 11.0 Å². The second kappa shape index (κ2) is 5.84. The zero-order valence-corrected chi connectivity index (χ0v) is 12.5. The van der Waals surface area contributed by atoms with Crippen LogP contribution in [0.3, 0.4) is 0 Å². The van der Waals surface area contributed by atoms with Gasteiger partial charge in [0, 0.05) is 18.5 Å². The predicted molar refractivity (Wildman–Crippen MR) is 75.1 cm³/mol. The maximum Gasteiger partial charge on any atom is 0.338 e. The van der Waals surface area contributed by atoms with Gasteiger partial charge in [0.15, 0.2) is 5.60 Å². The fraction of sp³-hybridized carbons (Fsp3) is 0.800. The van der Waals surface area contributed by atoms with Crippen LogP contribution >= 0.6 is 0 Å². The summed E-state index contributed by atoms with van der Waals surface area (Å²) in [7, 11) is 0. The zero-order valence-electron chi connectivity index (χ0n) is 12.5. The van der Waals surface area contributed by atoms with Gasteiger partial charge in [-0.3, -0.25) is 4.90 Å². The molecule has 2 heterocycles. The summed E-state index contributed by atoms with van der Waals surface area (Å²) in [6, 6.07) is 0.191. The molecule has 1 fully saturated rings. The maximum atomic E-state index is 12.0. The smallest absolute Gasteiger partial charge is 0.338 e. The van der Waals surface area contributed by atoms with Crippen molar-refractivity contribution in [3.05, 3.63) is 11.6 Å². The van der Waals surface area contributed by atoms with Gasteiger partial charge in [-0.05, 0) is 31.4 Å². The Hall–Kier alpha value is -0.910. The lowest BCUT2D eigenvalue weighted by atomic mass is 9.92. The van der Waals surface area contributed by atoms with Crippen LogP contribution < -0.4 is 0 Å². The van der Waals surface area contributed by atoms with Crippen LogP contribution in [0, 0.1) is 11.8 Å². The van der Waals surface area contributed by atoms with E-state index in [1.807, 2.05) is 0 Å². The van der Waals surface area contributed by atoms with Crippen LogP contribution in [0.5, 0.6) is 0 Å². The van der Waals surface area contributed by atoms with Gasteiger partial charge in [-0.2, -0.15) is 0 Å². The largest absolute Gasteiger partial charge is 0.463 e. The quantitative estimate of drug-likeness (QED) is 0.570. The molecule has 2 N–H and O–H groups in total. The molecule has 0 saturated carbocycles. The molecule has 5 nitrogen and oxygen atoms in total. The molecule has 1 saturated heterocycles. The predicted octanol–water partition coefficient (Wildman–Crippen LogP) is 0.559. The number of nitrogens with zero attached hydrogens (tertiary/aromatic N) is 1. The molecule has 0 bridgehead atoms. The van der Waals surface area contributed by atoms with Crippen molar-refractivity contribution in [2.75, 3.05) is 26.3 Å². The molecule has 0 unspecified atom stereocenters. The first-order valence-electron chi connectivity index (χ1n) is 7.31. The number of aliphatic hydroxyl groups excluding tert-OH is 1. The molecule has 2 aliphatic heterocycles. The maximum absolute atomic E-state index is 12.0. The summed E-state index contributed by atoms with van der Waals surface area (Å²) < 4.78 is 5.33. The van der Waals surface area contributed by atoms with Crippen LogP contribution in [0.1, 0.15) is 27.2 Å². The Morgan fingerprint density at radius 3 is 2.90 bits per heavy atom. The van der Waals surface area contributed by atoms with Crippen molar-refractivity contribution in [1.82, 2.24) is 4.90 Å². The van der Waals surface area contributed by atoms with Crippen LogP contribution in [0.25, 0.3) is 0 Å². The molecule has 0 aromatic carbocycles. The average molecular weight is 283 g/mol. The lowest BCUT2D eigenvalue weighted by Crippen LogP contribution is -2.43. The number of rotatable bonds is 5. The fourth-order valence-corrected chi connectivity index (χ4v) is 2.92. The minimum atomic E-state index is -1.44. The van der Waals surface area contributed by atoms with Crippen LogP contribution in [-0.4, -0.2) is 59.0 Å². The number of hydrogen-bond acceptors (Lipinski definition) is 5. The SMILES string of the molecule is CC(C)[C@](C)(O)C(=O)OC[C@@H]1CCN2CC=C(CO)[C@H]12. The van der Waals surface area contributed by atoms with E-state index in [1.54, 1.807) is 13.8 Å². The van der Waals surface area contributed by atoms with Crippen molar-refractivity contribution in [1.29, 1.82) is 0 Å². The van der Waals surface area contributed by atoms with Crippen LogP contribution in [-0.2, 0) is 9.53 Å². The van der Waals surface area contributed by atoms with E-state index in [0.29, 0.717) is 6.61 Å². The number of aliphatic hydroxyl groups is 2. The molecule has 0 amide bonds. The first-order valence-corrected chi connectivity index (χ1v) is 7.31. The normalized spacial score (nSPS) is 29.2. The number of fused-ring (bicyclic) bond motifs is 1. The summed E-state index contributed by atoms with van der Waals surface area (Å²) in [4.78, 5) is 14.3. The second-order valence-electron chi connectivity index (χ2n) is 6.33. The third kappa shape index (κ3) is 2.75. The van der Waals surface area contributed by atoms with Gasteiger partial charge in [-0.15, -0.1) is 0 Å². The highest BCUT2D eigenvalue weighted by Gasteiger charge is 2.41. The van der Waals surface area contributed by atoms with E-state index in [1.165, 1.54) is 6.92 Å². The monoisotopic (exact) mass is 283 g/mol. The average Bonchev–Trinajstić information content (AvgIpc) is 2.97. The molecule has 114 valence electrons. The second-order valence-corrected chi connectivity index (χ2v) is 6.33. The van der Waals surface area contributed by atoms with E-state index >= 15 is 0 Å². The van der Waals surface area contributed by atoms with Crippen molar-refractivity contribution >= 4 is 5.97 Å². The van der Waals surface area contributed by atoms with Gasteiger partial charge in [-0.1, -0.05) is 19.9 Å². The van der Waals surface area contributed by atoms with Crippen molar-refractivity contribution in [2.24, 2.45) is 11.8 Å². The number of carbonyl (C=O) groups excluding carboxylic acids is 1. The van der Waals surface area contributed by atoms with Crippen LogP contribution in [0.15, 0.2) is 11.6 Å². The molecular weight excluding hydrogens is 258 g/mol. The fourth-order valence-electron chi connectivity index (χ4n) is 2.92. The van der Waals surface area contributed by atoms with Crippen LogP contribution in [0.2, 0.25) is 0 Å². The summed E-state index contributed by atoms with van der Waals surface area (Å²) >= 11 is 0. The minimum Gasteiger partial charge on any atom is -0.463 e. The van der Waals surface area contributed by atoms with Gasteiger partial charge in [0.2, 0.25) is 0 Å². The molecule has 2 aliphatic rings. The number of ether oxygens (including phenoxy) is 1. The van der Waals surface area contributed by atoms with Crippen molar-refractivity contribution < 1.29 is 19.7 Å². The summed E-state index contributed by atoms with van der Waals surface area (Å²) in [6.45, 7) is 7.29. The van der Waals surface area contributed by atoms with Crippen molar-refractivity contribution in [2.45, 2.75) is 38.8 Å². The molecule has 2 rings (SSSR count). The molecule has 20 heavy (non-hydrogen) atoms. The third-order valence-electron chi connectivity index (χ3n) is 4.74. The van der Waals surface area contributed by atoms with Gasteiger partial charge in [0.05, 0.1) is 13.2 Å². The standard InChI is InChI=1S/C15H25NO4/c1-10(2)15(3,19)14(18)20-9-12-5-7-16-6-4-11(8-17)13(12)16/h4,10,12-13,17,19H,5-9H2,1-3H3/t12-,13+,15-/m0/s1. The van der Waals surface area contributed by atoms with Gasteiger partial charge in [0.1, 0.15) is 0 Å². The number of esters is 1. The summed E-state index contributed by atoms with van der Waals surface area (Å²) in [5.74, 6) is -0.532. The summed E-state index contributed by atoms with van der Waals surface area (Å²) in [5.41, 5.74) is -0.414. The Kier molecular flexibility index (Phi) is 4.52. The highest BCUT2D eigenvalue weighted by atomic mass is 16.5. The van der Waals surface area contributed by atoms with E-state index in [4.69, 9.17) is 4.74 Å². The Balaban J connectivity index is 1.92. The Labute approximate surface area is 120 Å². The van der Waals surface area contributed by atoms with Crippen LogP contribution in [0.4, 0.5) is 0 Å². The molecule has 5 heteroatoms. The summed E-state index contributed by atoms with van der Waals surface area (Å²) in [6.07, 6.45) is 3.02. The third-order valence-corrected chi connectivity index (χ3v) is 4.74. The Morgan fingerprint density at radius 2 is 2.30 bits per heavy atom. The number of hydrogen-bond donors (Lipinski definition) is 2. The molecule has 0 aromatic heterocycles. The number of carbonyl (C=O) groups is 1. The lowest BCUT2D eigenvalue weighted by molar-refractivity contribution is -0.169. The molecule has 0 spiro atoms. The molecular formula is C15H25NO4. The first-order chi connectivity index (χ1) is 9.37. The van der Waals surface area contributed by atoms with E-state index in [9.17, 15) is 15.0 Å². The molecule has 3 atom stereocenters. The Morgan fingerprint density at radius 1 is 1.60 bits per heavy atom.